The van der Waals surface area contributed by atoms with E-state index < -0.39 is 0 Å². The molecule has 0 aromatic heterocycles. The third-order valence-corrected chi connectivity index (χ3v) is 3.28. The van der Waals surface area contributed by atoms with Crippen molar-refractivity contribution < 1.29 is 14.7 Å². The van der Waals surface area contributed by atoms with Crippen molar-refractivity contribution in [2.45, 2.75) is 18.9 Å². The van der Waals surface area contributed by atoms with Gasteiger partial charge in [0.05, 0.1) is 18.8 Å². The first-order valence-corrected chi connectivity index (χ1v) is 6.52. The molecular formula is C12H15BrN2O3. The van der Waals surface area contributed by atoms with E-state index >= 15 is 0 Å². The highest BCUT2D eigenvalue weighted by Crippen LogP contribution is 2.26. The third kappa shape index (κ3) is 3.14. The van der Waals surface area contributed by atoms with Crippen molar-refractivity contribution in [2.24, 2.45) is 10.9 Å². The molecule has 1 aliphatic heterocycles. The van der Waals surface area contributed by atoms with Crippen LogP contribution in [0.25, 0.3) is 0 Å². The van der Waals surface area contributed by atoms with Crippen LogP contribution in [-0.2, 0) is 4.74 Å². The molecule has 0 spiro atoms. The largest absolute Gasteiger partial charge is 0.489 e. The fraction of sp³-hybridized carbons (Fsp3) is 0.417. The molecule has 98 valence electrons. The lowest BCUT2D eigenvalue weighted by Crippen LogP contribution is -2.27. The van der Waals surface area contributed by atoms with E-state index in [0.29, 0.717) is 24.5 Å². The van der Waals surface area contributed by atoms with Crippen LogP contribution < -0.4 is 10.5 Å². The molecule has 0 saturated carbocycles. The normalized spacial score (nSPS) is 17.7. The smallest absolute Gasteiger partial charge is 0.173 e. The molecular weight excluding hydrogens is 300 g/mol. The zero-order valence-corrected chi connectivity index (χ0v) is 11.4. The molecule has 1 saturated heterocycles. The summed E-state index contributed by atoms with van der Waals surface area (Å²) < 4.78 is 12.0. The Bertz CT molecular complexity index is 445. The molecule has 1 fully saturated rings. The highest BCUT2D eigenvalue weighted by atomic mass is 79.9. The third-order valence-electron chi connectivity index (χ3n) is 2.79. The number of hydrogen-bond acceptors (Lipinski definition) is 4. The number of nitrogens with zero attached hydrogens (tertiary/aromatic N) is 1. The van der Waals surface area contributed by atoms with Crippen LogP contribution in [0.5, 0.6) is 5.75 Å². The summed E-state index contributed by atoms with van der Waals surface area (Å²) in [7, 11) is 0. The fourth-order valence-corrected chi connectivity index (χ4v) is 2.19. The number of benzene rings is 1. The van der Waals surface area contributed by atoms with Gasteiger partial charge in [0.2, 0.25) is 0 Å². The van der Waals surface area contributed by atoms with Crippen LogP contribution in [0.1, 0.15) is 18.4 Å². The average molecular weight is 315 g/mol. The summed E-state index contributed by atoms with van der Waals surface area (Å²) in [4.78, 5) is 0. The van der Waals surface area contributed by atoms with Crippen molar-refractivity contribution in [3.8, 4) is 5.75 Å². The summed E-state index contributed by atoms with van der Waals surface area (Å²) in [6.07, 6.45) is 1.82. The lowest BCUT2D eigenvalue weighted by atomic mass is 10.1. The molecule has 6 heteroatoms. The molecule has 1 heterocycles. The van der Waals surface area contributed by atoms with E-state index in [4.69, 9.17) is 20.4 Å². The van der Waals surface area contributed by atoms with Gasteiger partial charge in [-0.2, -0.15) is 0 Å². The highest BCUT2D eigenvalue weighted by molar-refractivity contribution is 9.10. The van der Waals surface area contributed by atoms with E-state index in [1.165, 1.54) is 0 Å². The summed E-state index contributed by atoms with van der Waals surface area (Å²) >= 11 is 3.35. The predicted octanol–water partition coefficient (Wildman–Crippen LogP) is 2.10. The second-order valence-corrected chi connectivity index (χ2v) is 4.97. The molecule has 0 unspecified atom stereocenters. The van der Waals surface area contributed by atoms with Crippen LogP contribution in [0, 0.1) is 0 Å². The number of oxime groups is 1. The van der Waals surface area contributed by atoms with Gasteiger partial charge in [0.25, 0.3) is 0 Å². The Kier molecular flexibility index (Phi) is 4.43. The maximum absolute atomic E-state index is 8.78. The van der Waals surface area contributed by atoms with Gasteiger partial charge >= 0.3 is 0 Å². The van der Waals surface area contributed by atoms with Crippen molar-refractivity contribution in [2.75, 3.05) is 13.2 Å². The van der Waals surface area contributed by atoms with E-state index in [1.807, 2.05) is 12.1 Å². The fourth-order valence-electron chi connectivity index (χ4n) is 1.83. The van der Waals surface area contributed by atoms with E-state index in [0.717, 1.165) is 17.3 Å². The van der Waals surface area contributed by atoms with Gasteiger partial charge in [0.1, 0.15) is 11.9 Å². The molecule has 1 aliphatic rings. The summed E-state index contributed by atoms with van der Waals surface area (Å²) in [6, 6.07) is 5.44. The molecule has 0 bridgehead atoms. The van der Waals surface area contributed by atoms with E-state index in [2.05, 4.69) is 21.1 Å². The second kappa shape index (κ2) is 6.06. The Morgan fingerprint density at radius 3 is 2.83 bits per heavy atom. The van der Waals surface area contributed by atoms with Gasteiger partial charge in [-0.1, -0.05) is 21.1 Å². The maximum atomic E-state index is 8.78. The molecule has 5 nitrogen and oxygen atoms in total. The van der Waals surface area contributed by atoms with Crippen LogP contribution in [-0.4, -0.2) is 30.4 Å². The number of hydrogen-bond donors (Lipinski definition) is 2. The van der Waals surface area contributed by atoms with Crippen molar-refractivity contribution in [3.63, 3.8) is 0 Å². The van der Waals surface area contributed by atoms with Crippen LogP contribution >= 0.6 is 15.9 Å². The minimum absolute atomic E-state index is 0.0401. The van der Waals surface area contributed by atoms with Gasteiger partial charge in [0, 0.05) is 17.3 Å². The zero-order valence-electron chi connectivity index (χ0n) is 9.80. The second-order valence-electron chi connectivity index (χ2n) is 4.06. The topological polar surface area (TPSA) is 77.1 Å². The lowest BCUT2D eigenvalue weighted by Gasteiger charge is -2.24. The predicted molar refractivity (Wildman–Crippen MR) is 71.1 cm³/mol. The van der Waals surface area contributed by atoms with Gasteiger partial charge < -0.3 is 20.4 Å². The van der Waals surface area contributed by atoms with Crippen LogP contribution in [0.2, 0.25) is 0 Å². The standard InChI is InChI=1S/C12H15BrN2O3/c13-8-1-2-11(10(7-8)12(14)15-16)18-9-3-5-17-6-4-9/h1-2,7,9,16H,3-6H2,(H2,14,15). The summed E-state index contributed by atoms with van der Waals surface area (Å²) in [6.45, 7) is 1.42. The summed E-state index contributed by atoms with van der Waals surface area (Å²) in [5, 5.41) is 11.8. The van der Waals surface area contributed by atoms with E-state index in [1.54, 1.807) is 6.07 Å². The molecule has 0 radical (unpaired) electrons. The Morgan fingerprint density at radius 2 is 2.17 bits per heavy atom. The van der Waals surface area contributed by atoms with Gasteiger partial charge in [-0.3, -0.25) is 0 Å². The Balaban J connectivity index is 2.20. The van der Waals surface area contributed by atoms with E-state index in [-0.39, 0.29) is 11.9 Å². The Morgan fingerprint density at radius 1 is 1.44 bits per heavy atom. The molecule has 3 N–H and O–H groups in total. The van der Waals surface area contributed by atoms with Gasteiger partial charge in [0.15, 0.2) is 5.84 Å². The molecule has 1 aromatic carbocycles. The molecule has 18 heavy (non-hydrogen) atoms. The number of halogens is 1. The first-order valence-electron chi connectivity index (χ1n) is 5.72. The molecule has 0 amide bonds. The lowest BCUT2D eigenvalue weighted by molar-refractivity contribution is 0.0255. The SMILES string of the molecule is N/C(=N/O)c1cc(Br)ccc1OC1CCOCC1. The van der Waals surface area contributed by atoms with Gasteiger partial charge in [-0.25, -0.2) is 0 Å². The first-order chi connectivity index (χ1) is 8.70. The molecule has 2 rings (SSSR count). The van der Waals surface area contributed by atoms with Crippen molar-refractivity contribution in [3.05, 3.63) is 28.2 Å². The number of ether oxygens (including phenoxy) is 2. The number of amidine groups is 1. The van der Waals surface area contributed by atoms with Crippen molar-refractivity contribution >= 4 is 21.8 Å². The van der Waals surface area contributed by atoms with E-state index in [9.17, 15) is 0 Å². The quantitative estimate of drug-likeness (QED) is 0.388. The molecule has 0 aliphatic carbocycles. The van der Waals surface area contributed by atoms with Crippen LogP contribution in [0.3, 0.4) is 0 Å². The van der Waals surface area contributed by atoms with Crippen LogP contribution in [0.15, 0.2) is 27.8 Å². The highest BCUT2D eigenvalue weighted by Gasteiger charge is 2.18. The van der Waals surface area contributed by atoms with Crippen LogP contribution in [0.4, 0.5) is 0 Å². The number of nitrogens with two attached hydrogens (primary N) is 1. The zero-order chi connectivity index (χ0) is 13.0. The monoisotopic (exact) mass is 314 g/mol. The maximum Gasteiger partial charge on any atom is 0.173 e. The minimum Gasteiger partial charge on any atom is -0.489 e. The molecule has 0 atom stereocenters. The first kappa shape index (κ1) is 13.2. The van der Waals surface area contributed by atoms with Crippen molar-refractivity contribution in [1.29, 1.82) is 0 Å². The Hall–Kier alpha value is -1.27. The van der Waals surface area contributed by atoms with Crippen molar-refractivity contribution in [1.82, 2.24) is 0 Å². The Labute approximate surface area is 114 Å². The molecule has 1 aromatic rings. The minimum atomic E-state index is 0.0401. The van der Waals surface area contributed by atoms with Gasteiger partial charge in [-0.15, -0.1) is 0 Å². The summed E-state index contributed by atoms with van der Waals surface area (Å²) in [5.74, 6) is 0.666. The number of rotatable bonds is 3. The summed E-state index contributed by atoms with van der Waals surface area (Å²) in [5.41, 5.74) is 6.23. The average Bonchev–Trinajstić information content (AvgIpc) is 2.41. The van der Waals surface area contributed by atoms with Gasteiger partial charge in [-0.05, 0) is 18.2 Å².